The van der Waals surface area contributed by atoms with Gasteiger partial charge in [0.25, 0.3) is 0 Å². The number of hydrogen-bond donors (Lipinski definition) is 0. The van der Waals surface area contributed by atoms with Gasteiger partial charge in [-0.2, -0.15) is 0 Å². The molecule has 0 amide bonds. The fourth-order valence-electron chi connectivity index (χ4n) is 5.24. The van der Waals surface area contributed by atoms with Crippen LogP contribution in [0.2, 0.25) is 0 Å². The summed E-state index contributed by atoms with van der Waals surface area (Å²) in [5, 5.41) is 0. The maximum Gasteiger partial charge on any atom is 0.112 e. The van der Waals surface area contributed by atoms with E-state index in [0.29, 0.717) is 17.3 Å². The molecule has 0 saturated heterocycles. The highest BCUT2D eigenvalue weighted by atomic mass is 19.1. The zero-order chi connectivity index (χ0) is 14.1. The minimum absolute atomic E-state index is 0.155. The van der Waals surface area contributed by atoms with Gasteiger partial charge in [-0.25, -0.2) is 8.78 Å². The van der Waals surface area contributed by atoms with Gasteiger partial charge in [0.15, 0.2) is 0 Å². The van der Waals surface area contributed by atoms with E-state index in [2.05, 4.69) is 13.8 Å². The average Bonchev–Trinajstić information content (AvgIpc) is 2.90. The lowest BCUT2D eigenvalue weighted by Crippen LogP contribution is -2.65. The van der Waals surface area contributed by atoms with Crippen molar-refractivity contribution in [1.82, 2.24) is 0 Å². The summed E-state index contributed by atoms with van der Waals surface area (Å²) in [6.07, 6.45) is 5.13. The Labute approximate surface area is 116 Å². The van der Waals surface area contributed by atoms with Crippen LogP contribution in [0.5, 0.6) is 0 Å². The van der Waals surface area contributed by atoms with Crippen LogP contribution in [0.15, 0.2) is 0 Å². The van der Waals surface area contributed by atoms with Gasteiger partial charge in [-0.3, -0.25) is 0 Å². The first-order chi connectivity index (χ1) is 8.64. The molecular weight excluding hydrogens is 242 g/mol. The largest absolute Gasteiger partial charge is 0.247 e. The molecule has 0 aromatic rings. The summed E-state index contributed by atoms with van der Waals surface area (Å²) in [5.41, 5.74) is -0.187. The van der Waals surface area contributed by atoms with E-state index in [0.717, 1.165) is 38.5 Å². The highest BCUT2D eigenvalue weighted by Gasteiger charge is 2.69. The average molecular weight is 270 g/mol. The van der Waals surface area contributed by atoms with Crippen molar-refractivity contribution in [1.29, 1.82) is 0 Å². The molecule has 4 saturated carbocycles. The van der Waals surface area contributed by atoms with Crippen molar-refractivity contribution in [3.05, 3.63) is 0 Å². The number of rotatable bonds is 6. The lowest BCUT2D eigenvalue weighted by atomic mass is 9.39. The van der Waals surface area contributed by atoms with Crippen LogP contribution in [0, 0.1) is 28.6 Å². The van der Waals surface area contributed by atoms with Crippen molar-refractivity contribution in [2.24, 2.45) is 28.6 Å². The van der Waals surface area contributed by atoms with Gasteiger partial charge in [0, 0.05) is 0 Å². The predicted octanol–water partition coefficient (Wildman–Crippen LogP) is 5.32. The second-order valence-corrected chi connectivity index (χ2v) is 9.07. The van der Waals surface area contributed by atoms with E-state index >= 15 is 0 Å². The fraction of sp³-hybridized carbons (Fsp3) is 1.00. The van der Waals surface area contributed by atoms with Crippen molar-refractivity contribution in [3.8, 4) is 0 Å². The highest BCUT2D eigenvalue weighted by Crippen LogP contribution is 2.73. The van der Waals surface area contributed by atoms with Crippen LogP contribution in [-0.4, -0.2) is 11.8 Å². The number of alkyl halides is 2. The van der Waals surface area contributed by atoms with E-state index in [9.17, 15) is 8.78 Å². The van der Waals surface area contributed by atoms with Gasteiger partial charge >= 0.3 is 0 Å². The van der Waals surface area contributed by atoms with E-state index in [1.165, 1.54) is 0 Å². The van der Waals surface area contributed by atoms with Gasteiger partial charge < -0.3 is 0 Å². The fourth-order valence-corrected chi connectivity index (χ4v) is 5.24. The Balaban J connectivity index is 1.48. The van der Waals surface area contributed by atoms with Crippen molar-refractivity contribution in [2.75, 3.05) is 0 Å². The Morgan fingerprint density at radius 3 is 2.26 bits per heavy atom. The van der Waals surface area contributed by atoms with Crippen LogP contribution >= 0.6 is 0 Å². The lowest BCUT2D eigenvalue weighted by Gasteiger charge is -2.68. The third kappa shape index (κ3) is 2.45. The lowest BCUT2D eigenvalue weighted by molar-refractivity contribution is -0.228. The van der Waals surface area contributed by atoms with Crippen molar-refractivity contribution < 1.29 is 8.78 Å². The molecule has 4 rings (SSSR count). The predicted molar refractivity (Wildman–Crippen MR) is 74.5 cm³/mol. The molecule has 4 fully saturated rings. The van der Waals surface area contributed by atoms with Gasteiger partial charge in [0.2, 0.25) is 0 Å². The summed E-state index contributed by atoms with van der Waals surface area (Å²) in [6, 6.07) is 0. The van der Waals surface area contributed by atoms with Crippen molar-refractivity contribution in [2.45, 2.75) is 78.1 Å². The third-order valence-electron chi connectivity index (χ3n) is 5.77. The first-order valence-electron chi connectivity index (χ1n) is 7.97. The molecule has 0 aromatic carbocycles. The van der Waals surface area contributed by atoms with Crippen LogP contribution in [0.25, 0.3) is 0 Å². The third-order valence-corrected chi connectivity index (χ3v) is 5.77. The first kappa shape index (κ1) is 13.8. The molecule has 2 heteroatoms. The van der Waals surface area contributed by atoms with Gasteiger partial charge in [0.1, 0.15) is 11.8 Å². The Hall–Kier alpha value is -0.140. The summed E-state index contributed by atoms with van der Waals surface area (Å²) < 4.78 is 27.5. The van der Waals surface area contributed by atoms with E-state index in [1.807, 2.05) is 13.8 Å². The van der Waals surface area contributed by atoms with E-state index in [1.54, 1.807) is 0 Å². The first-order valence-corrected chi connectivity index (χ1v) is 7.97. The molecule has 0 aliphatic heterocycles. The molecule has 4 aliphatic carbocycles. The van der Waals surface area contributed by atoms with Gasteiger partial charge in [-0.1, -0.05) is 27.7 Å². The zero-order valence-corrected chi connectivity index (χ0v) is 12.8. The molecule has 3 unspecified atom stereocenters. The minimum atomic E-state index is -0.778. The van der Waals surface area contributed by atoms with E-state index < -0.39 is 11.8 Å². The second kappa shape index (κ2) is 3.95. The Bertz CT molecular complexity index is 352. The van der Waals surface area contributed by atoms with Crippen LogP contribution < -0.4 is 0 Å². The Kier molecular flexibility index (Phi) is 2.87. The van der Waals surface area contributed by atoms with Crippen LogP contribution in [0.4, 0.5) is 8.78 Å². The summed E-state index contributed by atoms with van der Waals surface area (Å²) >= 11 is 0. The van der Waals surface area contributed by atoms with Crippen LogP contribution in [0.3, 0.4) is 0 Å². The maximum absolute atomic E-state index is 14.0. The Morgan fingerprint density at radius 1 is 1.21 bits per heavy atom. The summed E-state index contributed by atoms with van der Waals surface area (Å²) in [5.74, 6) is 1.04. The summed E-state index contributed by atoms with van der Waals surface area (Å²) in [7, 11) is 0. The summed E-state index contributed by atoms with van der Waals surface area (Å²) in [6.45, 7) is 8.56. The molecular formula is C17H28F2. The quantitative estimate of drug-likeness (QED) is 0.613. The van der Waals surface area contributed by atoms with Crippen molar-refractivity contribution >= 4 is 0 Å². The van der Waals surface area contributed by atoms with Gasteiger partial charge in [-0.05, 0) is 67.1 Å². The normalized spacial score (nSPS) is 45.6. The molecule has 0 radical (unpaired) electrons. The molecule has 0 N–H and O–H groups in total. The topological polar surface area (TPSA) is 0 Å². The smallest absolute Gasteiger partial charge is 0.112 e. The number of hydrogen-bond acceptors (Lipinski definition) is 0. The summed E-state index contributed by atoms with van der Waals surface area (Å²) in [4.78, 5) is 0. The zero-order valence-electron chi connectivity index (χ0n) is 12.8. The second-order valence-electron chi connectivity index (χ2n) is 9.07. The molecule has 0 spiro atoms. The highest BCUT2D eigenvalue weighted by molar-refractivity contribution is 5.19. The molecule has 19 heavy (non-hydrogen) atoms. The SMILES string of the molecule is CC(C)C(F)C1CC1CC(C)(C)C[C@]12C[C@](F)(C1)C2. The van der Waals surface area contributed by atoms with Gasteiger partial charge in [0.05, 0.1) is 0 Å². The Morgan fingerprint density at radius 2 is 1.79 bits per heavy atom. The van der Waals surface area contributed by atoms with Crippen LogP contribution in [-0.2, 0) is 0 Å². The van der Waals surface area contributed by atoms with Gasteiger partial charge in [-0.15, -0.1) is 0 Å². The molecule has 0 aromatic heterocycles. The molecule has 0 heterocycles. The molecule has 2 bridgehead atoms. The van der Waals surface area contributed by atoms with E-state index in [-0.39, 0.29) is 11.3 Å². The van der Waals surface area contributed by atoms with Crippen LogP contribution in [0.1, 0.15) is 66.2 Å². The van der Waals surface area contributed by atoms with Crippen molar-refractivity contribution in [3.63, 3.8) is 0 Å². The van der Waals surface area contributed by atoms with E-state index in [4.69, 9.17) is 0 Å². The molecule has 4 aliphatic rings. The maximum atomic E-state index is 14.0. The monoisotopic (exact) mass is 270 g/mol. The standard InChI is InChI=1S/C17H28F2/c1-11(2)14(18)13-5-12(13)6-15(3,4)7-16-8-17(19,9-16)10-16/h11-14H,5-10H2,1-4H3/t12?,13?,14?,16-,17-. The molecule has 3 atom stereocenters. The minimum Gasteiger partial charge on any atom is -0.247 e. The number of halogens is 2. The molecule has 110 valence electrons. The molecule has 0 nitrogen and oxygen atoms in total.